The third kappa shape index (κ3) is 5.15. The van der Waals surface area contributed by atoms with Gasteiger partial charge in [-0.1, -0.05) is 41.4 Å². The van der Waals surface area contributed by atoms with E-state index in [2.05, 4.69) is 15.3 Å². The van der Waals surface area contributed by atoms with Crippen LogP contribution in [0.4, 0.5) is 5.69 Å². The molecule has 6 nitrogen and oxygen atoms in total. The molecule has 3 rings (SSSR count). The molecular weight excluding hydrogens is 423 g/mol. The number of carbonyl (C=O) groups is 1. The van der Waals surface area contributed by atoms with Crippen LogP contribution in [-0.2, 0) is 6.54 Å². The number of pyridine rings is 2. The van der Waals surface area contributed by atoms with Gasteiger partial charge in [-0.3, -0.25) is 14.7 Å². The number of aliphatic hydroxyl groups is 1. The standard InChI is InChI=1S/C22H22Cl2N4O2/c1-14-16(17-8-9-25-21(24)20(17)23)4-3-5-18(14)27-22(30)19-7-6-15(12-26-19)13-28(2)10-11-29/h3-9,12,29H,10-11,13H2,1-2H3,(H,27,30). The van der Waals surface area contributed by atoms with Crippen LogP contribution >= 0.6 is 23.2 Å². The Balaban J connectivity index is 1.78. The van der Waals surface area contributed by atoms with Crippen LogP contribution in [-0.4, -0.2) is 46.1 Å². The smallest absolute Gasteiger partial charge is 0.274 e. The molecular formula is C22H22Cl2N4O2. The number of likely N-dealkylation sites (N-methyl/N-ethyl adjacent to an activating group) is 1. The molecule has 30 heavy (non-hydrogen) atoms. The van der Waals surface area contributed by atoms with Crippen molar-refractivity contribution in [2.45, 2.75) is 13.5 Å². The highest BCUT2D eigenvalue weighted by Crippen LogP contribution is 2.36. The molecule has 0 fully saturated rings. The monoisotopic (exact) mass is 444 g/mol. The Morgan fingerprint density at radius 1 is 1.13 bits per heavy atom. The number of halogens is 2. The van der Waals surface area contributed by atoms with Gasteiger partial charge < -0.3 is 10.4 Å². The largest absolute Gasteiger partial charge is 0.395 e. The fourth-order valence-electron chi connectivity index (χ4n) is 3.09. The Kier molecular flexibility index (Phi) is 7.39. The molecule has 2 N–H and O–H groups in total. The molecule has 0 aliphatic heterocycles. The minimum atomic E-state index is -0.302. The first kappa shape index (κ1) is 22.2. The fourth-order valence-corrected chi connectivity index (χ4v) is 3.46. The molecule has 2 heterocycles. The molecule has 0 spiro atoms. The summed E-state index contributed by atoms with van der Waals surface area (Å²) in [6.07, 6.45) is 3.27. The molecule has 0 aliphatic carbocycles. The molecule has 0 radical (unpaired) electrons. The van der Waals surface area contributed by atoms with Crippen LogP contribution in [0, 0.1) is 6.92 Å². The number of aromatic nitrogens is 2. The van der Waals surface area contributed by atoms with Crippen molar-refractivity contribution in [3.8, 4) is 11.1 Å². The number of benzene rings is 1. The number of nitrogens with zero attached hydrogens (tertiary/aromatic N) is 3. The lowest BCUT2D eigenvalue weighted by molar-refractivity contribution is 0.102. The van der Waals surface area contributed by atoms with E-state index < -0.39 is 0 Å². The van der Waals surface area contributed by atoms with Crippen LogP contribution in [0.2, 0.25) is 10.2 Å². The van der Waals surface area contributed by atoms with Crippen molar-refractivity contribution in [3.05, 3.63) is 75.8 Å². The maximum absolute atomic E-state index is 12.7. The van der Waals surface area contributed by atoms with Gasteiger partial charge in [0.2, 0.25) is 0 Å². The molecule has 0 unspecified atom stereocenters. The van der Waals surface area contributed by atoms with Gasteiger partial charge in [-0.15, -0.1) is 0 Å². The van der Waals surface area contributed by atoms with E-state index in [1.165, 1.54) is 0 Å². The second-order valence-electron chi connectivity index (χ2n) is 6.91. The first-order valence-electron chi connectivity index (χ1n) is 9.36. The zero-order valence-electron chi connectivity index (χ0n) is 16.7. The molecule has 1 amide bonds. The molecule has 0 atom stereocenters. The summed E-state index contributed by atoms with van der Waals surface area (Å²) >= 11 is 12.4. The fraction of sp³-hybridized carbons (Fsp3) is 0.227. The van der Waals surface area contributed by atoms with Gasteiger partial charge in [-0.05, 0) is 48.9 Å². The topological polar surface area (TPSA) is 78.4 Å². The van der Waals surface area contributed by atoms with Gasteiger partial charge in [-0.25, -0.2) is 4.98 Å². The van der Waals surface area contributed by atoms with Gasteiger partial charge >= 0.3 is 0 Å². The average molecular weight is 445 g/mol. The number of carbonyl (C=O) groups excluding carboxylic acids is 1. The van der Waals surface area contributed by atoms with Crippen LogP contribution in [0.15, 0.2) is 48.8 Å². The number of rotatable bonds is 7. The summed E-state index contributed by atoms with van der Waals surface area (Å²) in [5.41, 5.74) is 4.41. The van der Waals surface area contributed by atoms with Crippen molar-refractivity contribution in [3.63, 3.8) is 0 Å². The van der Waals surface area contributed by atoms with Crippen LogP contribution in [0.5, 0.6) is 0 Å². The molecule has 0 saturated carbocycles. The Morgan fingerprint density at radius 2 is 1.93 bits per heavy atom. The molecule has 1 aromatic carbocycles. The lowest BCUT2D eigenvalue weighted by Crippen LogP contribution is -2.21. The lowest BCUT2D eigenvalue weighted by atomic mass is 10.00. The highest BCUT2D eigenvalue weighted by molar-refractivity contribution is 6.43. The second kappa shape index (κ2) is 10.00. The Hall–Kier alpha value is -2.51. The lowest BCUT2D eigenvalue weighted by Gasteiger charge is -2.15. The molecule has 0 bridgehead atoms. The normalized spacial score (nSPS) is 11.0. The summed E-state index contributed by atoms with van der Waals surface area (Å²) in [7, 11) is 1.91. The van der Waals surface area contributed by atoms with Crippen LogP contribution in [0.3, 0.4) is 0 Å². The summed E-state index contributed by atoms with van der Waals surface area (Å²) < 4.78 is 0. The number of nitrogens with one attached hydrogen (secondary N) is 1. The van der Waals surface area contributed by atoms with Gasteiger partial charge in [0.15, 0.2) is 0 Å². The van der Waals surface area contributed by atoms with E-state index in [0.29, 0.717) is 29.5 Å². The zero-order chi connectivity index (χ0) is 21.7. The van der Waals surface area contributed by atoms with Gasteiger partial charge in [0.05, 0.1) is 11.6 Å². The molecule has 3 aromatic rings. The molecule has 0 aliphatic rings. The number of anilines is 1. The summed E-state index contributed by atoms with van der Waals surface area (Å²) in [5, 5.41) is 12.5. The highest BCUT2D eigenvalue weighted by atomic mass is 35.5. The Bertz CT molecular complexity index is 1040. The Morgan fingerprint density at radius 3 is 2.63 bits per heavy atom. The minimum absolute atomic E-state index is 0.0970. The molecule has 8 heteroatoms. The highest BCUT2D eigenvalue weighted by Gasteiger charge is 2.15. The Labute approximate surface area is 185 Å². The summed E-state index contributed by atoms with van der Waals surface area (Å²) in [6.45, 7) is 3.22. The van der Waals surface area contributed by atoms with Gasteiger partial charge in [-0.2, -0.15) is 0 Å². The quantitative estimate of drug-likeness (QED) is 0.526. The third-order valence-corrected chi connectivity index (χ3v) is 5.48. The SMILES string of the molecule is Cc1c(NC(=O)c2ccc(CN(C)CCO)cn2)cccc1-c1ccnc(Cl)c1Cl. The van der Waals surface area contributed by atoms with Crippen molar-refractivity contribution in [1.29, 1.82) is 0 Å². The van der Waals surface area contributed by atoms with Crippen molar-refractivity contribution < 1.29 is 9.90 Å². The van der Waals surface area contributed by atoms with E-state index in [1.54, 1.807) is 24.5 Å². The first-order valence-corrected chi connectivity index (χ1v) is 10.1. The van der Waals surface area contributed by atoms with Crippen LogP contribution in [0.25, 0.3) is 11.1 Å². The van der Waals surface area contributed by atoms with Crippen molar-refractivity contribution >= 4 is 34.8 Å². The number of aliphatic hydroxyl groups excluding tert-OH is 1. The molecule has 0 saturated heterocycles. The average Bonchev–Trinajstić information content (AvgIpc) is 2.72. The van der Waals surface area contributed by atoms with Crippen molar-refractivity contribution in [1.82, 2.24) is 14.9 Å². The molecule has 2 aromatic heterocycles. The van der Waals surface area contributed by atoms with Crippen LogP contribution in [0.1, 0.15) is 21.6 Å². The van der Waals surface area contributed by atoms with Gasteiger partial charge in [0.25, 0.3) is 5.91 Å². The first-order chi connectivity index (χ1) is 14.4. The van der Waals surface area contributed by atoms with Gasteiger partial charge in [0.1, 0.15) is 10.8 Å². The van der Waals surface area contributed by atoms with E-state index in [9.17, 15) is 4.79 Å². The predicted molar refractivity (Wildman–Crippen MR) is 120 cm³/mol. The summed E-state index contributed by atoms with van der Waals surface area (Å²) in [6, 6.07) is 10.9. The van der Waals surface area contributed by atoms with Crippen molar-refractivity contribution in [2.24, 2.45) is 0 Å². The van der Waals surface area contributed by atoms with Gasteiger partial charge in [0, 0.05) is 36.7 Å². The van der Waals surface area contributed by atoms with E-state index in [4.69, 9.17) is 28.3 Å². The summed E-state index contributed by atoms with van der Waals surface area (Å²) in [4.78, 5) is 22.9. The minimum Gasteiger partial charge on any atom is -0.395 e. The van der Waals surface area contributed by atoms with E-state index in [-0.39, 0.29) is 17.7 Å². The van der Waals surface area contributed by atoms with E-state index in [0.717, 1.165) is 22.3 Å². The van der Waals surface area contributed by atoms with E-state index in [1.807, 2.05) is 43.1 Å². The number of amides is 1. The number of hydrogen-bond donors (Lipinski definition) is 2. The summed E-state index contributed by atoms with van der Waals surface area (Å²) in [5.74, 6) is -0.302. The maximum atomic E-state index is 12.7. The second-order valence-corrected chi connectivity index (χ2v) is 7.64. The van der Waals surface area contributed by atoms with Crippen LogP contribution < -0.4 is 5.32 Å². The zero-order valence-corrected chi connectivity index (χ0v) is 18.2. The number of hydrogen-bond acceptors (Lipinski definition) is 5. The maximum Gasteiger partial charge on any atom is 0.274 e. The third-order valence-electron chi connectivity index (χ3n) is 4.71. The van der Waals surface area contributed by atoms with Crippen molar-refractivity contribution in [2.75, 3.05) is 25.5 Å². The predicted octanol–water partition coefficient (Wildman–Crippen LogP) is 4.44. The van der Waals surface area contributed by atoms with E-state index >= 15 is 0 Å². The molecule has 156 valence electrons.